The van der Waals surface area contributed by atoms with Gasteiger partial charge in [0, 0.05) is 35.4 Å². The highest BCUT2D eigenvalue weighted by atomic mass is 35.5. The minimum atomic E-state index is -4.68. The van der Waals surface area contributed by atoms with E-state index in [9.17, 15) is 22.4 Å². The van der Waals surface area contributed by atoms with E-state index in [1.165, 1.54) is 24.3 Å². The Hall–Kier alpha value is -3.37. The highest BCUT2D eigenvalue weighted by molar-refractivity contribution is 6.42. The fraction of sp³-hybridized carbons (Fsp3) is 0.240. The fourth-order valence-corrected chi connectivity index (χ4v) is 4.90. The lowest BCUT2D eigenvalue weighted by Crippen LogP contribution is -2.42. The molecule has 0 bridgehead atoms. The summed E-state index contributed by atoms with van der Waals surface area (Å²) in [4.78, 5) is 20.7. The molecule has 2 aromatic heterocycles. The lowest BCUT2D eigenvalue weighted by Gasteiger charge is -2.31. The highest BCUT2D eigenvalue weighted by Crippen LogP contribution is 2.41. The number of benzene rings is 2. The van der Waals surface area contributed by atoms with Gasteiger partial charge in [-0.25, -0.2) is 14.1 Å². The van der Waals surface area contributed by atoms with Crippen molar-refractivity contribution >= 4 is 51.5 Å². The maximum Gasteiger partial charge on any atom is 0.435 e. The number of carbonyl (C=O) groups is 1. The average Bonchev–Trinajstić information content (AvgIpc) is 3.43. The van der Waals surface area contributed by atoms with Gasteiger partial charge in [-0.15, -0.1) is 0 Å². The van der Waals surface area contributed by atoms with Gasteiger partial charge in [-0.2, -0.15) is 18.3 Å². The minimum Gasteiger partial charge on any atom is -0.361 e. The number of nitrogens with zero attached hydrogens (tertiary/aromatic N) is 3. The van der Waals surface area contributed by atoms with Crippen molar-refractivity contribution in [1.82, 2.24) is 20.1 Å². The number of aromatic amines is 1. The summed E-state index contributed by atoms with van der Waals surface area (Å²) in [6.07, 6.45) is -2.49. The van der Waals surface area contributed by atoms with Crippen molar-refractivity contribution < 1.29 is 22.4 Å². The van der Waals surface area contributed by atoms with Crippen LogP contribution in [0.3, 0.4) is 0 Å². The Kier molecular flexibility index (Phi) is 6.49. The zero-order chi connectivity index (χ0) is 26.5. The van der Waals surface area contributed by atoms with Crippen molar-refractivity contribution in [2.24, 2.45) is 10.9 Å². The van der Waals surface area contributed by atoms with Gasteiger partial charge in [0.1, 0.15) is 11.7 Å². The Morgan fingerprint density at radius 3 is 2.65 bits per heavy atom. The van der Waals surface area contributed by atoms with E-state index in [-0.39, 0.29) is 28.2 Å². The zero-order valence-corrected chi connectivity index (χ0v) is 20.7. The van der Waals surface area contributed by atoms with Crippen LogP contribution in [0.5, 0.6) is 0 Å². The fourth-order valence-electron chi connectivity index (χ4n) is 4.59. The van der Waals surface area contributed by atoms with Crippen LogP contribution in [0.2, 0.25) is 10.0 Å². The lowest BCUT2D eigenvalue weighted by molar-refractivity contribution is -0.141. The number of aromatic nitrogens is 3. The predicted octanol–water partition coefficient (Wildman–Crippen LogP) is 6.50. The van der Waals surface area contributed by atoms with Crippen LogP contribution in [0.15, 0.2) is 53.7 Å². The van der Waals surface area contributed by atoms with Gasteiger partial charge in [-0.1, -0.05) is 29.3 Å². The predicted molar refractivity (Wildman–Crippen MR) is 133 cm³/mol. The number of hydrogen-bond acceptors (Lipinski definition) is 3. The van der Waals surface area contributed by atoms with Gasteiger partial charge < -0.3 is 10.3 Å². The molecule has 0 saturated carbocycles. The first-order valence-electron chi connectivity index (χ1n) is 11.2. The van der Waals surface area contributed by atoms with E-state index in [0.717, 1.165) is 21.7 Å². The molecular formula is C25H19Cl2F4N5O. The number of amides is 1. The van der Waals surface area contributed by atoms with E-state index < -0.39 is 29.7 Å². The van der Waals surface area contributed by atoms with Crippen molar-refractivity contribution in [2.75, 3.05) is 6.54 Å². The quantitative estimate of drug-likeness (QED) is 0.278. The number of alkyl halides is 3. The third-order valence-corrected chi connectivity index (χ3v) is 7.06. The van der Waals surface area contributed by atoms with E-state index in [1.54, 1.807) is 25.3 Å². The van der Waals surface area contributed by atoms with Crippen molar-refractivity contribution in [3.63, 3.8) is 0 Å². The number of halogens is 6. The van der Waals surface area contributed by atoms with Gasteiger partial charge >= 0.3 is 6.18 Å². The van der Waals surface area contributed by atoms with E-state index in [0.29, 0.717) is 23.2 Å². The van der Waals surface area contributed by atoms with Crippen LogP contribution >= 0.6 is 23.2 Å². The molecule has 1 amide bonds. The molecule has 0 fully saturated rings. The van der Waals surface area contributed by atoms with E-state index in [2.05, 4.69) is 20.4 Å². The summed E-state index contributed by atoms with van der Waals surface area (Å²) in [5.41, 5.74) is 1.20. The summed E-state index contributed by atoms with van der Waals surface area (Å²) in [7, 11) is 0. The summed E-state index contributed by atoms with van der Waals surface area (Å²) in [5.74, 6) is -1.77. The minimum absolute atomic E-state index is 0.0176. The van der Waals surface area contributed by atoms with Gasteiger partial charge in [0.2, 0.25) is 5.91 Å². The van der Waals surface area contributed by atoms with E-state index in [4.69, 9.17) is 23.2 Å². The monoisotopic (exact) mass is 551 g/mol. The number of H-pyrrole nitrogens is 1. The summed E-state index contributed by atoms with van der Waals surface area (Å²) < 4.78 is 54.9. The molecular weight excluding hydrogens is 533 g/mol. The number of hydrogen-bond donors (Lipinski definition) is 2. The van der Waals surface area contributed by atoms with E-state index >= 15 is 0 Å². The molecule has 1 aliphatic rings. The van der Waals surface area contributed by atoms with Crippen LogP contribution < -0.4 is 5.32 Å². The largest absolute Gasteiger partial charge is 0.435 e. The van der Waals surface area contributed by atoms with Crippen molar-refractivity contribution in [2.45, 2.75) is 25.6 Å². The molecule has 3 heterocycles. The Morgan fingerprint density at radius 2 is 1.92 bits per heavy atom. The lowest BCUT2D eigenvalue weighted by atomic mass is 9.87. The normalized spacial score (nSPS) is 17.5. The summed E-state index contributed by atoms with van der Waals surface area (Å²) >= 11 is 12.3. The second-order valence-corrected chi connectivity index (χ2v) is 9.54. The van der Waals surface area contributed by atoms with Gasteiger partial charge in [0.05, 0.1) is 16.1 Å². The molecule has 1 aliphatic heterocycles. The van der Waals surface area contributed by atoms with Crippen LogP contribution in [0.25, 0.3) is 10.9 Å². The molecule has 2 N–H and O–H groups in total. The topological polar surface area (TPSA) is 75.1 Å². The standard InChI is InChI=1S/C25H19Cl2F4N5O/c1-12-22(24(37)32-7-6-14-11-33-19-9-15(28)3-4-16(14)19)23(13-2-5-17(26)18(27)8-13)36-21(34-12)10-20(35-36)25(29,30)31/h2-5,8-11,22-23,33H,6-7H2,1H3,(H,32,37). The molecule has 0 aliphatic carbocycles. The van der Waals surface area contributed by atoms with Crippen LogP contribution in [-0.4, -0.2) is 32.9 Å². The molecule has 0 radical (unpaired) electrons. The van der Waals surface area contributed by atoms with Gasteiger partial charge in [-0.05, 0) is 54.8 Å². The van der Waals surface area contributed by atoms with Crippen molar-refractivity contribution in [3.05, 3.63) is 81.3 Å². The van der Waals surface area contributed by atoms with Crippen LogP contribution in [0.1, 0.15) is 29.8 Å². The molecule has 0 spiro atoms. The van der Waals surface area contributed by atoms with Gasteiger partial charge in [-0.3, -0.25) is 4.79 Å². The number of rotatable bonds is 5. The average molecular weight is 552 g/mol. The van der Waals surface area contributed by atoms with Crippen LogP contribution in [-0.2, 0) is 17.4 Å². The Labute approximate surface area is 218 Å². The summed E-state index contributed by atoms with van der Waals surface area (Å²) in [6, 6.07) is 8.95. The summed E-state index contributed by atoms with van der Waals surface area (Å²) in [6.45, 7) is 1.83. The molecule has 4 aromatic rings. The Balaban J connectivity index is 1.44. The van der Waals surface area contributed by atoms with Gasteiger partial charge in [0.25, 0.3) is 0 Å². The highest BCUT2D eigenvalue weighted by Gasteiger charge is 2.42. The number of fused-ring (bicyclic) bond motifs is 2. The third kappa shape index (κ3) is 4.83. The first-order chi connectivity index (χ1) is 17.5. The number of nitrogens with one attached hydrogen (secondary N) is 2. The number of aliphatic imine (C=N–C) groups is 1. The maximum atomic E-state index is 13.5. The third-order valence-electron chi connectivity index (χ3n) is 6.32. The molecule has 2 atom stereocenters. The molecule has 0 saturated heterocycles. The van der Waals surface area contributed by atoms with Gasteiger partial charge in [0.15, 0.2) is 11.5 Å². The molecule has 2 aromatic carbocycles. The SMILES string of the molecule is CC1=Nc2cc(C(F)(F)F)nn2C(c2ccc(Cl)c(Cl)c2)C1C(=O)NCCc1c[nH]c2cc(F)ccc12. The second kappa shape index (κ2) is 9.50. The zero-order valence-electron chi connectivity index (χ0n) is 19.2. The molecule has 37 heavy (non-hydrogen) atoms. The molecule has 12 heteroatoms. The molecule has 2 unspecified atom stereocenters. The Morgan fingerprint density at radius 1 is 1.14 bits per heavy atom. The molecule has 6 nitrogen and oxygen atoms in total. The summed E-state index contributed by atoms with van der Waals surface area (Å²) in [5, 5.41) is 7.91. The molecule has 5 rings (SSSR count). The molecule has 192 valence electrons. The smallest absolute Gasteiger partial charge is 0.361 e. The first kappa shape index (κ1) is 25.3. The maximum absolute atomic E-state index is 13.5. The van der Waals surface area contributed by atoms with Crippen molar-refractivity contribution in [3.8, 4) is 0 Å². The first-order valence-corrected chi connectivity index (χ1v) is 12.0. The second-order valence-electron chi connectivity index (χ2n) is 8.72. The number of carbonyl (C=O) groups excluding carboxylic acids is 1. The van der Waals surface area contributed by atoms with E-state index in [1.807, 2.05) is 0 Å². The van der Waals surface area contributed by atoms with Crippen LogP contribution in [0.4, 0.5) is 23.4 Å². The van der Waals surface area contributed by atoms with Crippen molar-refractivity contribution in [1.29, 1.82) is 0 Å². The Bertz CT molecular complexity index is 1540. The van der Waals surface area contributed by atoms with Crippen LogP contribution in [0, 0.1) is 11.7 Å².